The number of halogens is 3. The van der Waals surface area contributed by atoms with Gasteiger partial charge in [0.2, 0.25) is 17.8 Å². The molecule has 17 heteroatoms. The Kier molecular flexibility index (Phi) is 12.3. The highest BCUT2D eigenvalue weighted by Crippen LogP contribution is 2.42. The van der Waals surface area contributed by atoms with E-state index in [9.17, 15) is 32.7 Å². The molecule has 14 nitrogen and oxygen atoms in total. The minimum Gasteiger partial charge on any atom is -0.385 e. The molecule has 3 amide bonds. The molecule has 3 aromatic carbocycles. The highest BCUT2D eigenvalue weighted by Gasteiger charge is 2.42. The number of hydrogen-bond acceptors (Lipinski definition) is 12. The van der Waals surface area contributed by atoms with Crippen LogP contribution in [0.2, 0.25) is 0 Å². The van der Waals surface area contributed by atoms with Crippen LogP contribution in [0.5, 0.6) is 0 Å². The van der Waals surface area contributed by atoms with Crippen molar-refractivity contribution in [2.75, 3.05) is 43.2 Å². The molecule has 5 aromatic rings. The number of pyridine rings is 1. The smallest absolute Gasteiger partial charge is 0.385 e. The number of nitrogens with zero attached hydrogens (tertiary/aromatic N) is 7. The minimum atomic E-state index is -4.68. The van der Waals surface area contributed by atoms with E-state index < -0.39 is 35.3 Å². The Bertz CT molecular complexity index is 2620. The number of piperidine rings is 3. The van der Waals surface area contributed by atoms with Crippen LogP contribution in [-0.2, 0) is 45.8 Å². The molecule has 3 N–H and O–H groups in total. The van der Waals surface area contributed by atoms with Crippen molar-refractivity contribution in [1.82, 2.24) is 35.0 Å². The minimum absolute atomic E-state index is 0.0105. The molecule has 0 saturated carbocycles. The number of aliphatic hydroxyl groups is 1. The monoisotopic (exact) mass is 915 g/mol. The van der Waals surface area contributed by atoms with Crippen LogP contribution >= 0.6 is 0 Å². The van der Waals surface area contributed by atoms with Crippen LogP contribution in [0, 0.1) is 0 Å². The van der Waals surface area contributed by atoms with Crippen molar-refractivity contribution in [2.45, 2.75) is 94.4 Å². The zero-order valence-electron chi connectivity index (χ0n) is 36.9. The Morgan fingerprint density at radius 2 is 1.51 bits per heavy atom. The van der Waals surface area contributed by atoms with Crippen molar-refractivity contribution in [2.24, 2.45) is 0 Å². The van der Waals surface area contributed by atoms with Crippen LogP contribution < -0.4 is 15.7 Å². The molecule has 7 heterocycles. The van der Waals surface area contributed by atoms with Crippen LogP contribution in [0.15, 0.2) is 97.3 Å². The molecule has 1 unspecified atom stereocenters. The van der Waals surface area contributed by atoms with Crippen molar-refractivity contribution >= 4 is 35.3 Å². The van der Waals surface area contributed by atoms with Gasteiger partial charge in [-0.05, 0) is 96.6 Å². The van der Waals surface area contributed by atoms with Gasteiger partial charge in [-0.3, -0.25) is 34.3 Å². The highest BCUT2D eigenvalue weighted by molar-refractivity contribution is 6.05. The Balaban J connectivity index is 0.686. The van der Waals surface area contributed by atoms with E-state index in [1.807, 2.05) is 60.8 Å². The van der Waals surface area contributed by atoms with Crippen LogP contribution in [0.4, 0.5) is 30.8 Å². The van der Waals surface area contributed by atoms with E-state index >= 15 is 0 Å². The van der Waals surface area contributed by atoms with Gasteiger partial charge in [0.25, 0.3) is 5.91 Å². The lowest BCUT2D eigenvalue weighted by Crippen LogP contribution is -2.52. The van der Waals surface area contributed by atoms with Crippen molar-refractivity contribution in [3.8, 4) is 0 Å². The zero-order chi connectivity index (χ0) is 46.3. The van der Waals surface area contributed by atoms with Gasteiger partial charge in [-0.25, -0.2) is 15.0 Å². The fourth-order valence-corrected chi connectivity index (χ4v) is 10.2. The van der Waals surface area contributed by atoms with Crippen LogP contribution in [0.25, 0.3) is 0 Å². The maximum atomic E-state index is 14.1. The van der Waals surface area contributed by atoms with Gasteiger partial charge in [-0.2, -0.15) is 18.2 Å². The Morgan fingerprint density at radius 1 is 0.791 bits per heavy atom. The molecule has 0 aliphatic carbocycles. The molecule has 10 rings (SSSR count). The number of nitrogens with one attached hydrogen (secondary N) is 2. The van der Waals surface area contributed by atoms with Crippen LogP contribution in [-0.4, -0.2) is 91.3 Å². The molecule has 0 radical (unpaired) electrons. The molecule has 5 aliphatic heterocycles. The molecule has 2 aromatic heterocycles. The van der Waals surface area contributed by atoms with Gasteiger partial charge >= 0.3 is 6.18 Å². The van der Waals surface area contributed by atoms with Crippen molar-refractivity contribution in [3.63, 3.8) is 0 Å². The lowest BCUT2D eigenvalue weighted by Gasteiger charge is -2.38. The molecule has 5 aliphatic rings. The van der Waals surface area contributed by atoms with E-state index in [2.05, 4.69) is 59.7 Å². The van der Waals surface area contributed by atoms with Gasteiger partial charge < -0.3 is 15.3 Å². The number of alkyl halides is 3. The van der Waals surface area contributed by atoms with Crippen LogP contribution in [0.1, 0.15) is 106 Å². The third kappa shape index (κ3) is 9.50. The molecule has 4 saturated heterocycles. The maximum Gasteiger partial charge on any atom is 0.421 e. The summed E-state index contributed by atoms with van der Waals surface area (Å²) >= 11 is 0. The quantitative estimate of drug-likeness (QED) is 0.115. The molecular formula is C50H52F3N9O5. The third-order valence-electron chi connectivity index (χ3n) is 14.0. The molecule has 348 valence electrons. The largest absolute Gasteiger partial charge is 0.421 e. The molecular weight excluding hydrogens is 864 g/mol. The Hall–Kier alpha value is -6.27. The van der Waals surface area contributed by atoms with Gasteiger partial charge in [0.1, 0.15) is 17.4 Å². The summed E-state index contributed by atoms with van der Waals surface area (Å²) in [7, 11) is 0. The number of carbonyl (C=O) groups is 3. The summed E-state index contributed by atoms with van der Waals surface area (Å²) in [4.78, 5) is 62.3. The number of hydrogen-bond donors (Lipinski definition) is 3. The number of rotatable bonds is 11. The van der Waals surface area contributed by atoms with Gasteiger partial charge in [-0.15, -0.1) is 0 Å². The number of hydroxylamine groups is 1. The first kappa shape index (κ1) is 44.6. The molecule has 4 fully saturated rings. The fraction of sp³-hybridized carbons (Fsp3) is 0.400. The SMILES string of the molecule is O=C1CCC(N2Cc3cc(C4(O)CCN(Cc5ccc(CN6CCC(c7ccc(Nc8ncc(C(F)(F)F)c(N9OCC[C@H]9c9ccccc9)n8)nc7)CC6)cc5)CC4)ccc3C2=O)C(=O)N1. The summed E-state index contributed by atoms with van der Waals surface area (Å²) in [6.07, 6.45) is 2.03. The van der Waals surface area contributed by atoms with Gasteiger partial charge in [-0.1, -0.05) is 72.8 Å². The third-order valence-corrected chi connectivity index (χ3v) is 14.0. The Morgan fingerprint density at radius 3 is 2.18 bits per heavy atom. The second-order valence-corrected chi connectivity index (χ2v) is 18.4. The average molecular weight is 916 g/mol. The van der Waals surface area contributed by atoms with Crippen molar-refractivity contribution in [1.29, 1.82) is 0 Å². The van der Waals surface area contributed by atoms with E-state index in [0.717, 1.165) is 80.6 Å². The number of anilines is 3. The Labute approximate surface area is 386 Å². The van der Waals surface area contributed by atoms with Gasteiger partial charge in [0, 0.05) is 63.5 Å². The molecule has 0 spiro atoms. The molecule has 67 heavy (non-hydrogen) atoms. The highest BCUT2D eigenvalue weighted by atomic mass is 19.4. The van der Waals surface area contributed by atoms with E-state index in [0.29, 0.717) is 43.0 Å². The lowest BCUT2D eigenvalue weighted by molar-refractivity contribution is -0.138. The first-order chi connectivity index (χ1) is 32.4. The van der Waals surface area contributed by atoms with E-state index in [1.54, 1.807) is 6.07 Å². The van der Waals surface area contributed by atoms with Gasteiger partial charge in [0.05, 0.1) is 18.2 Å². The number of imide groups is 1. The molecule has 2 atom stereocenters. The lowest BCUT2D eigenvalue weighted by atomic mass is 9.83. The predicted octanol–water partition coefficient (Wildman–Crippen LogP) is 7.14. The fourth-order valence-electron chi connectivity index (χ4n) is 10.2. The maximum absolute atomic E-state index is 14.1. The number of fused-ring (bicyclic) bond motifs is 1. The normalized spacial score (nSPS) is 21.7. The van der Waals surface area contributed by atoms with Crippen LogP contribution in [0.3, 0.4) is 0 Å². The summed E-state index contributed by atoms with van der Waals surface area (Å²) in [6, 6.07) is 26.3. The number of aromatic nitrogens is 3. The van der Waals surface area contributed by atoms with Crippen molar-refractivity contribution in [3.05, 3.63) is 142 Å². The first-order valence-corrected chi connectivity index (χ1v) is 23.0. The number of benzene rings is 3. The van der Waals surface area contributed by atoms with Gasteiger partial charge in [0.15, 0.2) is 5.82 Å². The number of likely N-dealkylation sites (tertiary alicyclic amines) is 2. The topological polar surface area (TPSA) is 156 Å². The van der Waals surface area contributed by atoms with Crippen molar-refractivity contribution < 1.29 is 37.5 Å². The zero-order valence-corrected chi connectivity index (χ0v) is 36.9. The van der Waals surface area contributed by atoms with E-state index in [1.165, 1.54) is 21.1 Å². The summed E-state index contributed by atoms with van der Waals surface area (Å²) in [5.41, 5.74) is 4.54. The second kappa shape index (κ2) is 18.4. The average Bonchev–Trinajstić information content (AvgIpc) is 3.96. The second-order valence-electron chi connectivity index (χ2n) is 18.4. The number of amides is 3. The van der Waals surface area contributed by atoms with E-state index in [4.69, 9.17) is 4.84 Å². The van der Waals surface area contributed by atoms with E-state index in [-0.39, 0.29) is 43.2 Å². The summed E-state index contributed by atoms with van der Waals surface area (Å²) < 4.78 is 42.4. The number of carbonyl (C=O) groups excluding carboxylic acids is 3. The first-order valence-electron chi connectivity index (χ1n) is 23.0. The summed E-state index contributed by atoms with van der Waals surface area (Å²) in [5.74, 6) is -0.567. The summed E-state index contributed by atoms with van der Waals surface area (Å²) in [6.45, 7) is 5.50. The molecule has 0 bridgehead atoms. The predicted molar refractivity (Wildman–Crippen MR) is 241 cm³/mol. The summed E-state index contributed by atoms with van der Waals surface area (Å²) in [5, 5.41) is 18.3. The standard InChI is InChI=1S/C50H52F3N9O5/c51-50(52,53)40-28-55-48(58-45(40)62-41(18-25-67-62)35-4-2-1-3-5-35)56-43-14-10-36(27-54-43)34-16-21-59(22-17-34)29-32-6-8-33(9-7-32)30-60-23-19-49(66,20-24-60)38-11-12-39-37(26-38)31-61(47(39)65)42-13-15-44(63)57-46(42)64/h1-12,14,26-28,34,41-42,66H,13,15-25,29-31H2,(H,57,63,64)(H,54,55,56,58)/t41-,42?/m0/s1.